The molecule has 2 amide bonds. The average molecular weight is 422 g/mol. The van der Waals surface area contributed by atoms with Gasteiger partial charge < -0.3 is 14.8 Å². The number of carbonyl (C=O) groups excluding carboxylic acids is 3. The van der Waals surface area contributed by atoms with Crippen molar-refractivity contribution in [2.75, 3.05) is 7.11 Å². The first-order chi connectivity index (χ1) is 15.0. The van der Waals surface area contributed by atoms with Crippen molar-refractivity contribution < 1.29 is 23.9 Å². The number of hydrogen-bond donors (Lipinski definition) is 1. The first-order valence-electron chi connectivity index (χ1n) is 10.1. The Kier molecular flexibility index (Phi) is 7.43. The number of nitrogens with one attached hydrogen (secondary N) is 1. The molecular weight excluding hydrogens is 396 g/mol. The van der Waals surface area contributed by atoms with Gasteiger partial charge in [-0.15, -0.1) is 6.58 Å². The van der Waals surface area contributed by atoms with Gasteiger partial charge >= 0.3 is 12.1 Å². The van der Waals surface area contributed by atoms with E-state index in [4.69, 9.17) is 9.47 Å². The van der Waals surface area contributed by atoms with Crippen molar-refractivity contribution in [2.24, 2.45) is 0 Å². The molecule has 1 aliphatic heterocycles. The van der Waals surface area contributed by atoms with Crippen LogP contribution in [-0.2, 0) is 38.6 Å². The molecule has 0 saturated carbocycles. The molecule has 7 nitrogen and oxygen atoms in total. The lowest BCUT2D eigenvalue weighted by Crippen LogP contribution is -2.55. The minimum atomic E-state index is -0.866. The molecule has 1 aliphatic rings. The lowest BCUT2D eigenvalue weighted by molar-refractivity contribution is -0.145. The van der Waals surface area contributed by atoms with Crippen molar-refractivity contribution in [3.05, 3.63) is 83.9 Å². The van der Waals surface area contributed by atoms with Crippen molar-refractivity contribution in [1.29, 1.82) is 0 Å². The van der Waals surface area contributed by atoms with Crippen LogP contribution in [0, 0.1) is 0 Å². The summed E-state index contributed by atoms with van der Waals surface area (Å²) in [4.78, 5) is 39.4. The Morgan fingerprint density at radius 3 is 2.48 bits per heavy atom. The Morgan fingerprint density at radius 2 is 1.81 bits per heavy atom. The lowest BCUT2D eigenvalue weighted by Gasteiger charge is -2.35. The molecule has 162 valence electrons. The van der Waals surface area contributed by atoms with Gasteiger partial charge in [0.25, 0.3) is 0 Å². The van der Waals surface area contributed by atoms with Crippen LogP contribution in [0.3, 0.4) is 0 Å². The van der Waals surface area contributed by atoms with Crippen LogP contribution in [0.2, 0.25) is 0 Å². The Bertz CT molecular complexity index is 944. The molecule has 2 aromatic carbocycles. The highest BCUT2D eigenvalue weighted by molar-refractivity contribution is 5.90. The topological polar surface area (TPSA) is 84.9 Å². The maximum absolute atomic E-state index is 13.1. The zero-order valence-electron chi connectivity index (χ0n) is 17.5. The molecule has 31 heavy (non-hydrogen) atoms. The van der Waals surface area contributed by atoms with Crippen LogP contribution in [0.4, 0.5) is 4.79 Å². The summed E-state index contributed by atoms with van der Waals surface area (Å²) in [5.74, 6) is -1.01. The van der Waals surface area contributed by atoms with Crippen LogP contribution in [0.5, 0.6) is 0 Å². The monoisotopic (exact) mass is 422 g/mol. The number of nitrogens with zero attached hydrogens (tertiary/aromatic N) is 1. The Labute approximate surface area is 181 Å². The minimum absolute atomic E-state index is 0.105. The van der Waals surface area contributed by atoms with Crippen molar-refractivity contribution in [1.82, 2.24) is 10.2 Å². The minimum Gasteiger partial charge on any atom is -0.467 e. The number of hydrogen-bond acceptors (Lipinski definition) is 5. The molecule has 0 fully saturated rings. The summed E-state index contributed by atoms with van der Waals surface area (Å²) in [7, 11) is 1.26. The molecule has 0 spiro atoms. The third-order valence-corrected chi connectivity index (χ3v) is 5.20. The van der Waals surface area contributed by atoms with Crippen LogP contribution in [-0.4, -0.2) is 42.1 Å². The number of amides is 2. The second-order valence-corrected chi connectivity index (χ2v) is 7.27. The maximum Gasteiger partial charge on any atom is 0.411 e. The van der Waals surface area contributed by atoms with E-state index < -0.39 is 30.1 Å². The molecule has 1 N–H and O–H groups in total. The first kappa shape index (κ1) is 22.1. The van der Waals surface area contributed by atoms with Crippen molar-refractivity contribution in [3.8, 4) is 0 Å². The standard InChI is InChI=1S/C24H26N2O5/c1-3-9-20(23(28)30-2)25-22(27)21-14-18-12-7-8-13-19(18)15-26(21)24(29)31-16-17-10-5-4-6-11-17/h3-8,10-13,20-21H,1,9,14-16H2,2H3,(H,25,27)/t20-,21-/m0/s1. The average Bonchev–Trinajstić information content (AvgIpc) is 2.81. The molecule has 7 heteroatoms. The molecule has 0 saturated heterocycles. The van der Waals surface area contributed by atoms with Gasteiger partial charge in [-0.1, -0.05) is 60.7 Å². The van der Waals surface area contributed by atoms with Gasteiger partial charge in [0, 0.05) is 6.42 Å². The van der Waals surface area contributed by atoms with Gasteiger partial charge in [-0.2, -0.15) is 0 Å². The largest absolute Gasteiger partial charge is 0.467 e. The van der Waals surface area contributed by atoms with Crippen molar-refractivity contribution in [2.45, 2.75) is 38.1 Å². The fourth-order valence-corrected chi connectivity index (χ4v) is 3.54. The van der Waals surface area contributed by atoms with Crippen molar-refractivity contribution >= 4 is 18.0 Å². The van der Waals surface area contributed by atoms with Crippen LogP contribution in [0.25, 0.3) is 0 Å². The van der Waals surface area contributed by atoms with Gasteiger partial charge in [0.1, 0.15) is 18.7 Å². The van der Waals surface area contributed by atoms with E-state index in [1.165, 1.54) is 18.1 Å². The van der Waals surface area contributed by atoms with Crippen LogP contribution in [0.1, 0.15) is 23.1 Å². The van der Waals surface area contributed by atoms with Crippen LogP contribution < -0.4 is 5.32 Å². The molecule has 3 rings (SSSR count). The number of esters is 1. The van der Waals surface area contributed by atoms with E-state index in [0.29, 0.717) is 6.42 Å². The Hall–Kier alpha value is -3.61. The van der Waals surface area contributed by atoms with E-state index in [1.54, 1.807) is 0 Å². The van der Waals surface area contributed by atoms with E-state index in [9.17, 15) is 14.4 Å². The fourth-order valence-electron chi connectivity index (χ4n) is 3.54. The van der Waals surface area contributed by atoms with Crippen LogP contribution >= 0.6 is 0 Å². The molecule has 0 aromatic heterocycles. The molecule has 0 aliphatic carbocycles. The Balaban J connectivity index is 1.78. The summed E-state index contributed by atoms with van der Waals surface area (Å²) < 4.78 is 10.2. The number of carbonyl (C=O) groups is 3. The summed E-state index contributed by atoms with van der Waals surface area (Å²) in [6, 6.07) is 15.3. The van der Waals surface area contributed by atoms with Gasteiger partial charge in [-0.25, -0.2) is 9.59 Å². The third-order valence-electron chi connectivity index (χ3n) is 5.20. The van der Waals surface area contributed by atoms with Gasteiger partial charge in [0.2, 0.25) is 5.91 Å². The van der Waals surface area contributed by atoms with Gasteiger partial charge in [0.15, 0.2) is 0 Å². The number of fused-ring (bicyclic) bond motifs is 1. The van der Waals surface area contributed by atoms with E-state index in [1.807, 2.05) is 54.6 Å². The summed E-state index contributed by atoms with van der Waals surface area (Å²) in [6.45, 7) is 3.97. The predicted octanol–water partition coefficient (Wildman–Crippen LogP) is 2.98. The predicted molar refractivity (Wildman–Crippen MR) is 115 cm³/mol. The third kappa shape index (κ3) is 5.51. The summed E-state index contributed by atoms with van der Waals surface area (Å²) in [5, 5.41) is 2.69. The quantitative estimate of drug-likeness (QED) is 0.548. The highest BCUT2D eigenvalue weighted by Crippen LogP contribution is 2.24. The lowest BCUT2D eigenvalue weighted by atomic mass is 9.93. The van der Waals surface area contributed by atoms with E-state index in [2.05, 4.69) is 11.9 Å². The zero-order chi connectivity index (χ0) is 22.2. The highest BCUT2D eigenvalue weighted by Gasteiger charge is 2.37. The fraction of sp³-hybridized carbons (Fsp3) is 0.292. The number of rotatable bonds is 7. The Morgan fingerprint density at radius 1 is 1.13 bits per heavy atom. The zero-order valence-corrected chi connectivity index (χ0v) is 17.5. The molecule has 1 heterocycles. The van der Waals surface area contributed by atoms with Crippen LogP contribution in [0.15, 0.2) is 67.3 Å². The molecule has 0 radical (unpaired) electrons. The second kappa shape index (κ2) is 10.4. The summed E-state index contributed by atoms with van der Waals surface area (Å²) in [6.07, 6.45) is 1.49. The molecule has 0 bridgehead atoms. The normalized spacial score (nSPS) is 15.9. The first-order valence-corrected chi connectivity index (χ1v) is 10.1. The molecular formula is C24H26N2O5. The SMILES string of the molecule is C=CC[C@H](NC(=O)[C@@H]1Cc2ccccc2CN1C(=O)OCc1ccccc1)C(=O)OC. The maximum atomic E-state index is 13.1. The van der Waals surface area contributed by atoms with Crippen molar-refractivity contribution in [3.63, 3.8) is 0 Å². The van der Waals surface area contributed by atoms with Gasteiger partial charge in [-0.3, -0.25) is 9.69 Å². The number of benzene rings is 2. The highest BCUT2D eigenvalue weighted by atomic mass is 16.6. The summed E-state index contributed by atoms with van der Waals surface area (Å²) in [5.41, 5.74) is 2.79. The second-order valence-electron chi connectivity index (χ2n) is 7.27. The molecule has 0 unspecified atom stereocenters. The molecule has 2 atom stereocenters. The van der Waals surface area contributed by atoms with Gasteiger partial charge in [-0.05, 0) is 23.1 Å². The number of methoxy groups -OCH3 is 1. The van der Waals surface area contributed by atoms with E-state index in [-0.39, 0.29) is 19.6 Å². The van der Waals surface area contributed by atoms with E-state index in [0.717, 1.165) is 16.7 Å². The molecule has 2 aromatic rings. The van der Waals surface area contributed by atoms with E-state index >= 15 is 0 Å². The number of ether oxygens (including phenoxy) is 2. The summed E-state index contributed by atoms with van der Waals surface area (Å²) >= 11 is 0. The smallest absolute Gasteiger partial charge is 0.411 e. The van der Waals surface area contributed by atoms with Gasteiger partial charge in [0.05, 0.1) is 13.7 Å².